The van der Waals surface area contributed by atoms with Gasteiger partial charge in [-0.05, 0) is 46.2 Å². The number of halogens is 2. The molecule has 1 aliphatic rings. The summed E-state index contributed by atoms with van der Waals surface area (Å²) >= 11 is 5.68. The standard InChI is InChI=1S/C19H28BClFNO5/c1-18(2)19(3,4)28-20(27-18)13(12-25-9-8-17(23)24)7-10-26-14-5-6-15(21)16(22)11-14/h5-6,11,13H,7-10,12H2,1-4H3,(H2,23,24)/t13-/m0/s1. The van der Waals surface area contributed by atoms with Gasteiger partial charge in [0.15, 0.2) is 0 Å². The molecule has 1 aromatic rings. The number of ether oxygens (including phenoxy) is 2. The zero-order valence-corrected chi connectivity index (χ0v) is 17.6. The Balaban J connectivity index is 1.95. The molecule has 1 aromatic carbocycles. The van der Waals surface area contributed by atoms with Gasteiger partial charge in [0.2, 0.25) is 5.91 Å². The van der Waals surface area contributed by atoms with E-state index < -0.39 is 30.0 Å². The Labute approximate surface area is 170 Å². The highest BCUT2D eigenvalue weighted by Gasteiger charge is 2.53. The van der Waals surface area contributed by atoms with Crippen LogP contribution in [-0.2, 0) is 18.8 Å². The molecule has 28 heavy (non-hydrogen) atoms. The summed E-state index contributed by atoms with van der Waals surface area (Å²) in [6.45, 7) is 8.78. The van der Waals surface area contributed by atoms with Crippen LogP contribution in [0.25, 0.3) is 0 Å². The minimum atomic E-state index is -0.531. The number of hydrogen-bond acceptors (Lipinski definition) is 5. The van der Waals surface area contributed by atoms with E-state index in [9.17, 15) is 9.18 Å². The van der Waals surface area contributed by atoms with Gasteiger partial charge in [0, 0.05) is 24.9 Å². The lowest BCUT2D eigenvalue weighted by Gasteiger charge is -2.32. The highest BCUT2D eigenvalue weighted by molar-refractivity contribution is 6.47. The Morgan fingerprint density at radius 3 is 2.46 bits per heavy atom. The maximum absolute atomic E-state index is 13.5. The number of nitrogens with two attached hydrogens (primary N) is 1. The van der Waals surface area contributed by atoms with Gasteiger partial charge in [-0.15, -0.1) is 0 Å². The molecule has 0 aromatic heterocycles. The topological polar surface area (TPSA) is 80.0 Å². The molecule has 2 N–H and O–H groups in total. The molecule has 1 fully saturated rings. The fourth-order valence-corrected chi connectivity index (χ4v) is 2.80. The number of carbonyl (C=O) groups is 1. The third-order valence-electron chi connectivity index (χ3n) is 5.13. The molecule has 6 nitrogen and oxygen atoms in total. The third-order valence-corrected chi connectivity index (χ3v) is 5.44. The van der Waals surface area contributed by atoms with Crippen molar-refractivity contribution in [3.8, 4) is 5.75 Å². The van der Waals surface area contributed by atoms with Gasteiger partial charge in [-0.3, -0.25) is 4.79 Å². The van der Waals surface area contributed by atoms with Gasteiger partial charge < -0.3 is 24.5 Å². The fourth-order valence-electron chi connectivity index (χ4n) is 2.68. The average molecular weight is 416 g/mol. The number of hydrogen-bond donors (Lipinski definition) is 1. The third kappa shape index (κ3) is 6.07. The molecule has 0 saturated carbocycles. The van der Waals surface area contributed by atoms with Crippen LogP contribution in [-0.4, -0.2) is 44.0 Å². The molecule has 0 radical (unpaired) electrons. The Kier molecular flexibility index (Phi) is 7.73. The van der Waals surface area contributed by atoms with Gasteiger partial charge in [-0.25, -0.2) is 4.39 Å². The van der Waals surface area contributed by atoms with Gasteiger partial charge in [-0.2, -0.15) is 0 Å². The summed E-state index contributed by atoms with van der Waals surface area (Å²) in [4.78, 5) is 10.9. The second kappa shape index (κ2) is 9.44. The minimum Gasteiger partial charge on any atom is -0.494 e. The summed E-state index contributed by atoms with van der Waals surface area (Å²) in [5.41, 5.74) is 4.20. The van der Waals surface area contributed by atoms with Crippen LogP contribution in [0.4, 0.5) is 4.39 Å². The first-order chi connectivity index (χ1) is 13.0. The van der Waals surface area contributed by atoms with Crippen molar-refractivity contribution < 1.29 is 28.0 Å². The monoisotopic (exact) mass is 415 g/mol. The number of primary amides is 1. The lowest BCUT2D eigenvalue weighted by Crippen LogP contribution is -2.41. The summed E-state index contributed by atoms with van der Waals surface area (Å²) in [6, 6.07) is 4.30. The summed E-state index contributed by atoms with van der Waals surface area (Å²) in [5, 5.41) is 0.0466. The number of carbonyl (C=O) groups excluding carboxylic acids is 1. The van der Waals surface area contributed by atoms with Crippen molar-refractivity contribution in [1.29, 1.82) is 0 Å². The van der Waals surface area contributed by atoms with Crippen molar-refractivity contribution in [2.75, 3.05) is 19.8 Å². The zero-order chi connectivity index (χ0) is 20.9. The first-order valence-corrected chi connectivity index (χ1v) is 9.69. The van der Waals surface area contributed by atoms with Gasteiger partial charge in [0.25, 0.3) is 0 Å². The largest absolute Gasteiger partial charge is 0.494 e. The van der Waals surface area contributed by atoms with Gasteiger partial charge in [0.1, 0.15) is 11.6 Å². The molecule has 0 unspecified atom stereocenters. The normalized spacial score (nSPS) is 18.9. The van der Waals surface area contributed by atoms with Crippen LogP contribution < -0.4 is 10.5 Å². The van der Waals surface area contributed by atoms with Crippen molar-refractivity contribution in [1.82, 2.24) is 0 Å². The van der Waals surface area contributed by atoms with Crippen LogP contribution in [0.5, 0.6) is 5.75 Å². The Bertz CT molecular complexity index is 672. The molecule has 156 valence electrons. The summed E-state index contributed by atoms with van der Waals surface area (Å²) in [7, 11) is -0.482. The Hall–Kier alpha value is -1.35. The van der Waals surface area contributed by atoms with Crippen molar-refractivity contribution in [3.63, 3.8) is 0 Å². The quantitative estimate of drug-likeness (QED) is 0.466. The number of benzene rings is 1. The lowest BCUT2D eigenvalue weighted by molar-refractivity contribution is -0.119. The smallest absolute Gasteiger partial charge is 0.463 e. The van der Waals surface area contributed by atoms with E-state index in [0.717, 1.165) is 0 Å². The van der Waals surface area contributed by atoms with Crippen LogP contribution in [0.3, 0.4) is 0 Å². The zero-order valence-electron chi connectivity index (χ0n) is 16.8. The molecule has 0 bridgehead atoms. The molecule has 0 aliphatic carbocycles. The fraction of sp³-hybridized carbons (Fsp3) is 0.632. The van der Waals surface area contributed by atoms with E-state index in [1.165, 1.54) is 12.1 Å². The van der Waals surface area contributed by atoms with E-state index >= 15 is 0 Å². The molecule has 1 saturated heterocycles. The predicted molar refractivity (Wildman–Crippen MR) is 106 cm³/mol. The van der Waals surface area contributed by atoms with E-state index in [2.05, 4.69) is 0 Å². The lowest BCUT2D eigenvalue weighted by atomic mass is 9.70. The first-order valence-electron chi connectivity index (χ1n) is 9.31. The van der Waals surface area contributed by atoms with Gasteiger partial charge in [-0.1, -0.05) is 11.6 Å². The molecule has 2 rings (SSSR count). The second-order valence-electron chi connectivity index (χ2n) is 7.89. The minimum absolute atomic E-state index is 0.0466. The molecular weight excluding hydrogens is 387 g/mol. The van der Waals surface area contributed by atoms with E-state index in [-0.39, 0.29) is 23.9 Å². The van der Waals surface area contributed by atoms with Crippen LogP contribution in [0, 0.1) is 5.82 Å². The SMILES string of the molecule is CC1(C)OB([C@@H](CCOc2ccc(Cl)c(F)c2)COCCC(N)=O)OC1(C)C. The summed E-state index contributed by atoms with van der Waals surface area (Å²) < 4.78 is 37.0. The number of rotatable bonds is 10. The Morgan fingerprint density at radius 1 is 1.25 bits per heavy atom. The number of amides is 1. The Morgan fingerprint density at radius 2 is 1.89 bits per heavy atom. The maximum Gasteiger partial charge on any atom is 0.463 e. The molecule has 9 heteroatoms. The predicted octanol–water partition coefficient (Wildman–Crippen LogP) is 3.60. The molecule has 1 amide bonds. The van der Waals surface area contributed by atoms with E-state index in [1.807, 2.05) is 27.7 Å². The molecular formula is C19H28BClFNO5. The van der Waals surface area contributed by atoms with E-state index in [0.29, 0.717) is 25.4 Å². The van der Waals surface area contributed by atoms with Crippen molar-refractivity contribution >= 4 is 24.6 Å². The van der Waals surface area contributed by atoms with Crippen LogP contribution >= 0.6 is 11.6 Å². The van der Waals surface area contributed by atoms with E-state index in [1.54, 1.807) is 6.07 Å². The molecule has 1 atom stereocenters. The van der Waals surface area contributed by atoms with Crippen molar-refractivity contribution in [3.05, 3.63) is 29.0 Å². The van der Waals surface area contributed by atoms with Crippen LogP contribution in [0.1, 0.15) is 40.5 Å². The van der Waals surface area contributed by atoms with Crippen LogP contribution in [0.15, 0.2) is 18.2 Å². The molecule has 0 spiro atoms. The molecule has 1 aliphatic heterocycles. The molecule has 1 heterocycles. The average Bonchev–Trinajstić information content (AvgIpc) is 2.80. The summed E-state index contributed by atoms with van der Waals surface area (Å²) in [5.74, 6) is -0.688. The van der Waals surface area contributed by atoms with Crippen molar-refractivity contribution in [2.24, 2.45) is 5.73 Å². The second-order valence-corrected chi connectivity index (χ2v) is 8.30. The van der Waals surface area contributed by atoms with Gasteiger partial charge >= 0.3 is 7.12 Å². The first kappa shape index (κ1) is 22.9. The highest BCUT2D eigenvalue weighted by Crippen LogP contribution is 2.40. The van der Waals surface area contributed by atoms with Gasteiger partial charge in [0.05, 0.1) is 29.4 Å². The van der Waals surface area contributed by atoms with E-state index in [4.69, 9.17) is 36.1 Å². The van der Waals surface area contributed by atoms with Crippen molar-refractivity contribution in [2.45, 2.75) is 57.6 Å². The summed E-state index contributed by atoms with van der Waals surface area (Å²) in [6.07, 6.45) is 0.703. The highest BCUT2D eigenvalue weighted by atomic mass is 35.5. The maximum atomic E-state index is 13.5. The van der Waals surface area contributed by atoms with Crippen LogP contribution in [0.2, 0.25) is 10.8 Å².